The fourth-order valence-corrected chi connectivity index (χ4v) is 6.05. The summed E-state index contributed by atoms with van der Waals surface area (Å²) in [7, 11) is 1.74. The first kappa shape index (κ1) is 21.1. The lowest BCUT2D eigenvalue weighted by Gasteiger charge is -2.49. The van der Waals surface area contributed by atoms with Crippen molar-refractivity contribution in [1.82, 2.24) is 0 Å². The largest absolute Gasteiger partial charge is 0.367 e. The lowest BCUT2D eigenvalue weighted by Crippen LogP contribution is -2.52. The van der Waals surface area contributed by atoms with Gasteiger partial charge in [-0.2, -0.15) is 0 Å². The van der Waals surface area contributed by atoms with E-state index >= 15 is 0 Å². The minimum Gasteiger partial charge on any atom is -0.367 e. The Hall–Kier alpha value is -1.19. The van der Waals surface area contributed by atoms with E-state index in [-0.39, 0.29) is 11.4 Å². The standard InChI is InChI=1S/C26H37FO2/c1-28-25(21-14-16-24(27)17-15-21)18-19-26(29-20-25,22-10-6-2-3-7-11-22)23-12-8-4-5-9-13-23/h14-19,22-23H,2-13,20H2,1H3. The fraction of sp³-hybridized carbons (Fsp3) is 0.692. The van der Waals surface area contributed by atoms with Crippen LogP contribution in [0, 0.1) is 17.7 Å². The minimum atomic E-state index is -0.618. The summed E-state index contributed by atoms with van der Waals surface area (Å²) in [4.78, 5) is 0. The lowest BCUT2D eigenvalue weighted by molar-refractivity contribution is -0.161. The Labute approximate surface area is 175 Å². The first-order valence-corrected chi connectivity index (χ1v) is 11.8. The molecule has 1 heterocycles. The summed E-state index contributed by atoms with van der Waals surface area (Å²) >= 11 is 0. The second-order valence-corrected chi connectivity index (χ2v) is 9.45. The number of halogens is 1. The number of ether oxygens (including phenoxy) is 2. The van der Waals surface area contributed by atoms with Gasteiger partial charge in [0.25, 0.3) is 0 Å². The van der Waals surface area contributed by atoms with Crippen LogP contribution in [0.2, 0.25) is 0 Å². The van der Waals surface area contributed by atoms with Gasteiger partial charge in [-0.1, -0.05) is 69.6 Å². The molecule has 4 rings (SSSR count). The fourth-order valence-electron chi connectivity index (χ4n) is 6.05. The molecule has 2 saturated carbocycles. The molecule has 1 aromatic carbocycles. The molecule has 1 atom stereocenters. The average Bonchev–Trinajstić information content (AvgIpc) is 3.20. The van der Waals surface area contributed by atoms with E-state index in [0.29, 0.717) is 18.4 Å². The highest BCUT2D eigenvalue weighted by Crippen LogP contribution is 2.49. The monoisotopic (exact) mass is 400 g/mol. The Morgan fingerprint density at radius 1 is 0.793 bits per heavy atom. The van der Waals surface area contributed by atoms with Gasteiger partial charge < -0.3 is 9.47 Å². The van der Waals surface area contributed by atoms with Crippen LogP contribution in [0.3, 0.4) is 0 Å². The van der Waals surface area contributed by atoms with E-state index in [1.54, 1.807) is 7.11 Å². The Balaban J connectivity index is 1.68. The van der Waals surface area contributed by atoms with Crippen LogP contribution in [0.4, 0.5) is 4.39 Å². The van der Waals surface area contributed by atoms with Crippen LogP contribution in [0.1, 0.15) is 82.6 Å². The third kappa shape index (κ3) is 4.32. The van der Waals surface area contributed by atoms with Gasteiger partial charge in [0.05, 0.1) is 12.2 Å². The summed E-state index contributed by atoms with van der Waals surface area (Å²) in [6.45, 7) is 0.513. The maximum Gasteiger partial charge on any atom is 0.134 e. The predicted octanol–water partition coefficient (Wildman–Crippen LogP) is 6.93. The Morgan fingerprint density at radius 2 is 1.31 bits per heavy atom. The zero-order chi connectivity index (χ0) is 20.2. The summed E-state index contributed by atoms with van der Waals surface area (Å²) < 4.78 is 26.4. The van der Waals surface area contributed by atoms with Crippen molar-refractivity contribution in [3.63, 3.8) is 0 Å². The smallest absolute Gasteiger partial charge is 0.134 e. The van der Waals surface area contributed by atoms with E-state index in [4.69, 9.17) is 9.47 Å². The van der Waals surface area contributed by atoms with Gasteiger partial charge in [0.1, 0.15) is 11.4 Å². The summed E-state index contributed by atoms with van der Waals surface area (Å²) in [5.41, 5.74) is 0.191. The number of rotatable bonds is 4. The first-order valence-electron chi connectivity index (χ1n) is 11.8. The molecule has 0 aromatic heterocycles. The summed E-state index contributed by atoms with van der Waals surface area (Å²) in [6.07, 6.45) is 20.5. The highest BCUT2D eigenvalue weighted by Gasteiger charge is 2.49. The number of benzene rings is 1. The van der Waals surface area contributed by atoms with Crippen molar-refractivity contribution < 1.29 is 13.9 Å². The predicted molar refractivity (Wildman–Crippen MR) is 115 cm³/mol. The van der Waals surface area contributed by atoms with E-state index in [1.807, 2.05) is 12.1 Å². The molecular weight excluding hydrogens is 363 g/mol. The molecule has 0 bridgehead atoms. The molecular formula is C26H37FO2. The molecule has 3 heteroatoms. The van der Waals surface area contributed by atoms with Crippen LogP contribution in [0.5, 0.6) is 0 Å². The average molecular weight is 401 g/mol. The van der Waals surface area contributed by atoms with E-state index < -0.39 is 5.60 Å². The number of hydrogen-bond donors (Lipinski definition) is 0. The van der Waals surface area contributed by atoms with Crippen molar-refractivity contribution in [3.8, 4) is 0 Å². The van der Waals surface area contributed by atoms with Crippen LogP contribution in [0.15, 0.2) is 36.4 Å². The third-order valence-corrected chi connectivity index (χ3v) is 7.83. The molecule has 0 N–H and O–H groups in total. The zero-order valence-corrected chi connectivity index (χ0v) is 18.0. The molecule has 1 aromatic rings. The molecule has 1 unspecified atom stereocenters. The SMILES string of the molecule is COC1(c2ccc(F)cc2)C=CC(C2CCCCCC2)(C2CCCCCC2)OC1. The molecule has 0 saturated heterocycles. The third-order valence-electron chi connectivity index (χ3n) is 7.83. The van der Waals surface area contributed by atoms with Gasteiger partial charge in [-0.05, 0) is 61.3 Å². The Bertz CT molecular complexity index is 646. The molecule has 0 amide bonds. The van der Waals surface area contributed by atoms with Crippen LogP contribution in [0.25, 0.3) is 0 Å². The van der Waals surface area contributed by atoms with Crippen LogP contribution in [-0.2, 0) is 15.1 Å². The maximum absolute atomic E-state index is 13.5. The van der Waals surface area contributed by atoms with Gasteiger partial charge in [-0.3, -0.25) is 0 Å². The summed E-state index contributed by atoms with van der Waals surface area (Å²) in [5.74, 6) is 0.992. The van der Waals surface area contributed by atoms with Gasteiger partial charge >= 0.3 is 0 Å². The van der Waals surface area contributed by atoms with Crippen LogP contribution in [-0.4, -0.2) is 19.3 Å². The van der Waals surface area contributed by atoms with Crippen molar-refractivity contribution in [2.24, 2.45) is 11.8 Å². The second-order valence-electron chi connectivity index (χ2n) is 9.45. The van der Waals surface area contributed by atoms with Crippen molar-refractivity contribution in [1.29, 1.82) is 0 Å². The highest BCUT2D eigenvalue weighted by atomic mass is 19.1. The van der Waals surface area contributed by atoms with Crippen molar-refractivity contribution >= 4 is 0 Å². The molecule has 1 aliphatic heterocycles. The Kier molecular flexibility index (Phi) is 6.76. The molecule has 160 valence electrons. The minimum absolute atomic E-state index is 0.156. The van der Waals surface area contributed by atoms with E-state index in [1.165, 1.54) is 89.2 Å². The second kappa shape index (κ2) is 9.31. The lowest BCUT2D eigenvalue weighted by atomic mass is 9.68. The van der Waals surface area contributed by atoms with Crippen LogP contribution >= 0.6 is 0 Å². The topological polar surface area (TPSA) is 18.5 Å². The summed E-state index contributed by atoms with van der Waals surface area (Å²) in [5, 5.41) is 0. The van der Waals surface area contributed by atoms with E-state index in [0.717, 1.165) is 5.56 Å². The molecule has 3 aliphatic rings. The number of hydrogen-bond acceptors (Lipinski definition) is 2. The van der Waals surface area contributed by atoms with Crippen molar-refractivity contribution in [3.05, 3.63) is 47.8 Å². The van der Waals surface area contributed by atoms with E-state index in [9.17, 15) is 4.39 Å². The molecule has 2 nitrogen and oxygen atoms in total. The quantitative estimate of drug-likeness (QED) is 0.403. The van der Waals surface area contributed by atoms with Gasteiger partial charge in [0.15, 0.2) is 0 Å². The highest BCUT2D eigenvalue weighted by molar-refractivity contribution is 5.32. The van der Waals surface area contributed by atoms with E-state index in [2.05, 4.69) is 12.2 Å². The number of methoxy groups -OCH3 is 1. The molecule has 2 aliphatic carbocycles. The first-order chi connectivity index (χ1) is 14.2. The van der Waals surface area contributed by atoms with Gasteiger partial charge in [0, 0.05) is 7.11 Å². The maximum atomic E-state index is 13.5. The molecule has 0 radical (unpaired) electrons. The molecule has 29 heavy (non-hydrogen) atoms. The van der Waals surface area contributed by atoms with Crippen molar-refractivity contribution in [2.75, 3.05) is 13.7 Å². The van der Waals surface area contributed by atoms with Gasteiger partial charge in [0.2, 0.25) is 0 Å². The van der Waals surface area contributed by atoms with Gasteiger partial charge in [-0.25, -0.2) is 4.39 Å². The molecule has 0 spiro atoms. The van der Waals surface area contributed by atoms with Crippen molar-refractivity contribution in [2.45, 2.75) is 88.3 Å². The zero-order valence-electron chi connectivity index (χ0n) is 18.0. The van der Waals surface area contributed by atoms with Gasteiger partial charge in [-0.15, -0.1) is 0 Å². The molecule has 2 fully saturated rings. The summed E-state index contributed by atoms with van der Waals surface area (Å²) in [6, 6.07) is 6.69. The van der Waals surface area contributed by atoms with Crippen LogP contribution < -0.4 is 0 Å². The Morgan fingerprint density at radius 3 is 1.72 bits per heavy atom. The normalized spacial score (nSPS) is 29.3.